The fraction of sp³-hybridized carbons (Fsp3) is 0.565. The van der Waals surface area contributed by atoms with E-state index in [2.05, 4.69) is 92.5 Å². The lowest BCUT2D eigenvalue weighted by Gasteiger charge is -2.22. The zero-order valence-corrected chi connectivity index (χ0v) is 19.2. The van der Waals surface area contributed by atoms with E-state index in [0.29, 0.717) is 12.5 Å². The Morgan fingerprint density at radius 1 is 1.17 bits per heavy atom. The van der Waals surface area contributed by atoms with Gasteiger partial charge in [0, 0.05) is 45.5 Å². The summed E-state index contributed by atoms with van der Waals surface area (Å²) in [5, 5.41) is 8.05. The third-order valence-corrected chi connectivity index (χ3v) is 4.98. The van der Waals surface area contributed by atoms with Gasteiger partial charge in [-0.25, -0.2) is 4.99 Å². The number of aryl methyl sites for hydroxylation is 1. The number of nitrogens with zero attached hydrogens (tertiary/aromatic N) is 5. The lowest BCUT2D eigenvalue weighted by atomic mass is 10.1. The lowest BCUT2D eigenvalue weighted by molar-refractivity contribution is 0.345. The van der Waals surface area contributed by atoms with Crippen LogP contribution in [0.2, 0.25) is 0 Å². The molecule has 0 spiro atoms. The first-order valence-electron chi connectivity index (χ1n) is 10.6. The molecular weight excluding hydrogens is 360 g/mol. The van der Waals surface area contributed by atoms with E-state index < -0.39 is 0 Å². The van der Waals surface area contributed by atoms with E-state index in [9.17, 15) is 0 Å². The first-order chi connectivity index (χ1) is 13.8. The minimum absolute atomic E-state index is 0.406. The van der Waals surface area contributed by atoms with Crippen molar-refractivity contribution in [2.45, 2.75) is 53.2 Å². The average Bonchev–Trinajstić information content (AvgIpc) is 3.05. The molecule has 0 radical (unpaired) electrons. The molecule has 6 heteroatoms. The van der Waals surface area contributed by atoms with Gasteiger partial charge in [-0.3, -0.25) is 4.68 Å². The third kappa shape index (κ3) is 6.89. The van der Waals surface area contributed by atoms with Crippen molar-refractivity contribution >= 4 is 5.96 Å². The predicted molar refractivity (Wildman–Crippen MR) is 122 cm³/mol. The smallest absolute Gasteiger partial charge is 0.194 e. The van der Waals surface area contributed by atoms with Crippen LogP contribution < -0.4 is 5.32 Å². The quantitative estimate of drug-likeness (QED) is 0.518. The number of rotatable bonds is 9. The average molecular weight is 399 g/mol. The fourth-order valence-corrected chi connectivity index (χ4v) is 3.38. The molecule has 1 aromatic heterocycles. The number of guanidine groups is 1. The van der Waals surface area contributed by atoms with Gasteiger partial charge in [0.1, 0.15) is 0 Å². The van der Waals surface area contributed by atoms with Crippen molar-refractivity contribution in [2.75, 3.05) is 27.2 Å². The number of hydrogen-bond donors (Lipinski definition) is 1. The van der Waals surface area contributed by atoms with Gasteiger partial charge in [-0.1, -0.05) is 45.0 Å². The van der Waals surface area contributed by atoms with E-state index in [0.717, 1.165) is 37.8 Å². The van der Waals surface area contributed by atoms with Crippen LogP contribution in [0.15, 0.2) is 35.5 Å². The maximum absolute atomic E-state index is 4.89. The molecular formula is C23H38N6. The van der Waals surface area contributed by atoms with Crippen molar-refractivity contribution in [3.8, 4) is 0 Å². The van der Waals surface area contributed by atoms with E-state index in [1.807, 2.05) is 11.7 Å². The van der Waals surface area contributed by atoms with Gasteiger partial charge in [-0.15, -0.1) is 0 Å². The highest BCUT2D eigenvalue weighted by molar-refractivity contribution is 5.79. The largest absolute Gasteiger partial charge is 0.357 e. The molecule has 1 aromatic carbocycles. The van der Waals surface area contributed by atoms with E-state index in [-0.39, 0.29) is 0 Å². The zero-order valence-electron chi connectivity index (χ0n) is 19.2. The summed E-state index contributed by atoms with van der Waals surface area (Å²) in [6.45, 7) is 13.0. The highest BCUT2D eigenvalue weighted by atomic mass is 15.3. The normalized spacial score (nSPS) is 12.1. The summed E-state index contributed by atoms with van der Waals surface area (Å²) in [6.07, 6.45) is 2.11. The second-order valence-electron chi connectivity index (χ2n) is 8.04. The summed E-state index contributed by atoms with van der Waals surface area (Å²) in [4.78, 5) is 9.38. The second-order valence-corrected chi connectivity index (χ2v) is 8.04. The lowest BCUT2D eigenvalue weighted by Crippen LogP contribution is -2.38. The summed E-state index contributed by atoms with van der Waals surface area (Å²) in [5.74, 6) is 1.32. The van der Waals surface area contributed by atoms with Crippen LogP contribution in [0.4, 0.5) is 0 Å². The van der Waals surface area contributed by atoms with Crippen LogP contribution >= 0.6 is 0 Å². The van der Waals surface area contributed by atoms with Crippen molar-refractivity contribution in [3.05, 3.63) is 52.8 Å². The minimum Gasteiger partial charge on any atom is -0.357 e. The molecule has 0 fully saturated rings. The van der Waals surface area contributed by atoms with Crippen molar-refractivity contribution in [1.82, 2.24) is 24.9 Å². The van der Waals surface area contributed by atoms with Gasteiger partial charge in [0.15, 0.2) is 5.96 Å². The summed E-state index contributed by atoms with van der Waals surface area (Å²) in [5.41, 5.74) is 4.97. The van der Waals surface area contributed by atoms with Crippen LogP contribution in [0.3, 0.4) is 0 Å². The molecule has 29 heavy (non-hydrogen) atoms. The Balaban J connectivity index is 2.12. The molecule has 0 unspecified atom stereocenters. The van der Waals surface area contributed by atoms with Crippen molar-refractivity contribution < 1.29 is 0 Å². The van der Waals surface area contributed by atoms with Gasteiger partial charge in [0.25, 0.3) is 0 Å². The first kappa shape index (κ1) is 22.9. The highest BCUT2D eigenvalue weighted by Crippen LogP contribution is 2.18. The molecule has 6 nitrogen and oxygen atoms in total. The Kier molecular flexibility index (Phi) is 8.70. The van der Waals surface area contributed by atoms with Gasteiger partial charge >= 0.3 is 0 Å². The van der Waals surface area contributed by atoms with Crippen LogP contribution in [0.5, 0.6) is 0 Å². The Morgan fingerprint density at radius 2 is 1.90 bits per heavy atom. The van der Waals surface area contributed by atoms with Gasteiger partial charge in [-0.2, -0.15) is 5.10 Å². The van der Waals surface area contributed by atoms with Gasteiger partial charge in [0.05, 0.1) is 12.2 Å². The molecule has 1 N–H and O–H groups in total. The number of nitrogens with one attached hydrogen (secondary N) is 1. The third-order valence-electron chi connectivity index (χ3n) is 4.98. The van der Waals surface area contributed by atoms with E-state index in [1.165, 1.54) is 16.7 Å². The summed E-state index contributed by atoms with van der Waals surface area (Å²) >= 11 is 0. The number of aliphatic imine (C=N–C) groups is 1. The molecule has 0 saturated heterocycles. The van der Waals surface area contributed by atoms with Crippen LogP contribution in [0.25, 0.3) is 0 Å². The number of hydrogen-bond acceptors (Lipinski definition) is 3. The highest BCUT2D eigenvalue weighted by Gasteiger charge is 2.15. The Hall–Kier alpha value is -2.34. The number of benzene rings is 1. The molecule has 0 aliphatic rings. The van der Waals surface area contributed by atoms with Crippen molar-refractivity contribution in [2.24, 2.45) is 12.0 Å². The molecule has 0 bridgehead atoms. The maximum atomic E-state index is 4.89. The standard InChI is InChI=1S/C23H38N6/c1-8-24-23(28(6)16-21-17-29(7)26-22(21)18(3)4)25-14-19-11-10-12-20(13-19)15-27(5)9-2/h10-13,17-18H,8-9,14-16H2,1-7H3,(H,24,25). The minimum atomic E-state index is 0.406. The monoisotopic (exact) mass is 398 g/mol. The Morgan fingerprint density at radius 3 is 2.55 bits per heavy atom. The Labute approximate surface area is 176 Å². The molecule has 0 amide bonds. The molecule has 2 aromatic rings. The maximum Gasteiger partial charge on any atom is 0.194 e. The predicted octanol–water partition coefficient (Wildman–Crippen LogP) is 3.59. The molecule has 0 aliphatic heterocycles. The SMILES string of the molecule is CCNC(=NCc1cccc(CN(C)CC)c1)N(C)Cc1cn(C)nc1C(C)C. The summed E-state index contributed by atoms with van der Waals surface area (Å²) in [6, 6.07) is 8.73. The zero-order chi connectivity index (χ0) is 21.4. The second kappa shape index (κ2) is 11.0. The molecule has 0 atom stereocenters. The first-order valence-corrected chi connectivity index (χ1v) is 10.6. The van der Waals surface area contributed by atoms with Crippen molar-refractivity contribution in [1.29, 1.82) is 0 Å². The molecule has 160 valence electrons. The van der Waals surface area contributed by atoms with Gasteiger partial charge in [-0.05, 0) is 37.6 Å². The van der Waals surface area contributed by atoms with Crippen LogP contribution in [0.1, 0.15) is 56.0 Å². The fourth-order valence-electron chi connectivity index (χ4n) is 3.38. The van der Waals surface area contributed by atoms with Crippen LogP contribution in [-0.2, 0) is 26.7 Å². The van der Waals surface area contributed by atoms with E-state index >= 15 is 0 Å². The molecule has 2 rings (SSSR count). The van der Waals surface area contributed by atoms with E-state index in [4.69, 9.17) is 4.99 Å². The van der Waals surface area contributed by atoms with Crippen molar-refractivity contribution in [3.63, 3.8) is 0 Å². The van der Waals surface area contributed by atoms with E-state index in [1.54, 1.807) is 0 Å². The topological polar surface area (TPSA) is 48.7 Å². The van der Waals surface area contributed by atoms with Gasteiger partial charge < -0.3 is 15.1 Å². The molecule has 0 saturated carbocycles. The molecule has 1 heterocycles. The Bertz CT molecular complexity index is 792. The van der Waals surface area contributed by atoms with Gasteiger partial charge in [0.2, 0.25) is 0 Å². The van der Waals surface area contributed by atoms with Crippen LogP contribution in [0, 0.1) is 0 Å². The summed E-state index contributed by atoms with van der Waals surface area (Å²) < 4.78 is 1.90. The van der Waals surface area contributed by atoms with Crippen LogP contribution in [-0.4, -0.2) is 52.7 Å². The molecule has 0 aliphatic carbocycles. The number of aromatic nitrogens is 2. The summed E-state index contributed by atoms with van der Waals surface area (Å²) in [7, 11) is 6.22.